The zero-order chi connectivity index (χ0) is 11.8. The maximum absolute atomic E-state index is 11.4. The van der Waals surface area contributed by atoms with Crippen LogP contribution in [0.15, 0.2) is 24.3 Å². The number of aromatic hydroxyl groups is 1. The first-order chi connectivity index (χ1) is 7.72. The third kappa shape index (κ3) is 4.79. The van der Waals surface area contributed by atoms with Gasteiger partial charge in [-0.25, -0.2) is 0 Å². The first kappa shape index (κ1) is 12.5. The summed E-state index contributed by atoms with van der Waals surface area (Å²) < 4.78 is 0. The van der Waals surface area contributed by atoms with Crippen LogP contribution in [0.2, 0.25) is 0 Å². The lowest BCUT2D eigenvalue weighted by atomic mass is 10.2. The summed E-state index contributed by atoms with van der Waals surface area (Å²) in [5.74, 6) is 0.143. The van der Waals surface area contributed by atoms with E-state index in [1.54, 1.807) is 12.1 Å². The Bertz CT molecular complexity index is 322. The Morgan fingerprint density at radius 1 is 1.12 bits per heavy atom. The van der Waals surface area contributed by atoms with Crippen LogP contribution in [0.25, 0.3) is 0 Å². The van der Waals surface area contributed by atoms with Gasteiger partial charge in [0, 0.05) is 18.7 Å². The minimum absolute atomic E-state index is 0.0383. The molecule has 0 aromatic heterocycles. The molecule has 3 N–H and O–H groups in total. The van der Waals surface area contributed by atoms with E-state index in [-0.39, 0.29) is 18.3 Å². The average Bonchev–Trinajstić information content (AvgIpc) is 2.28. The van der Waals surface area contributed by atoms with Crippen molar-refractivity contribution in [1.29, 1.82) is 0 Å². The van der Waals surface area contributed by atoms with Gasteiger partial charge in [0.25, 0.3) is 0 Å². The highest BCUT2D eigenvalue weighted by Gasteiger charge is 2.01. The molecular weight excluding hydrogens is 206 g/mol. The fourth-order valence-electron chi connectivity index (χ4n) is 1.34. The standard InChI is InChI=1S/C12H17NO3/c14-9-3-1-2-4-12(16)13-10-5-7-11(15)8-6-10/h5-8,14-15H,1-4,9H2,(H,13,16). The zero-order valence-electron chi connectivity index (χ0n) is 9.15. The minimum Gasteiger partial charge on any atom is -0.508 e. The number of carbonyl (C=O) groups excluding carboxylic acids is 1. The summed E-state index contributed by atoms with van der Waals surface area (Å²) in [7, 11) is 0. The largest absolute Gasteiger partial charge is 0.508 e. The molecule has 0 heterocycles. The molecule has 0 saturated carbocycles. The molecule has 0 atom stereocenters. The summed E-state index contributed by atoms with van der Waals surface area (Å²) in [6, 6.07) is 6.37. The Morgan fingerprint density at radius 3 is 2.44 bits per heavy atom. The SMILES string of the molecule is O=C(CCCCCO)Nc1ccc(O)cc1. The van der Waals surface area contributed by atoms with Crippen LogP contribution in [0.3, 0.4) is 0 Å². The number of amides is 1. The number of hydrogen-bond acceptors (Lipinski definition) is 3. The Balaban J connectivity index is 2.26. The van der Waals surface area contributed by atoms with E-state index in [0.717, 1.165) is 19.3 Å². The van der Waals surface area contributed by atoms with Gasteiger partial charge in [0.15, 0.2) is 0 Å². The summed E-state index contributed by atoms with van der Waals surface area (Å²) in [5.41, 5.74) is 0.685. The van der Waals surface area contributed by atoms with Gasteiger partial charge in [-0.3, -0.25) is 4.79 Å². The number of benzene rings is 1. The lowest BCUT2D eigenvalue weighted by molar-refractivity contribution is -0.116. The number of hydrogen-bond donors (Lipinski definition) is 3. The molecule has 0 saturated heterocycles. The van der Waals surface area contributed by atoms with Crippen molar-refractivity contribution in [1.82, 2.24) is 0 Å². The Kier molecular flexibility index (Phi) is 5.36. The number of carbonyl (C=O) groups is 1. The molecule has 0 radical (unpaired) electrons. The van der Waals surface area contributed by atoms with Crippen molar-refractivity contribution >= 4 is 11.6 Å². The smallest absolute Gasteiger partial charge is 0.224 e. The number of phenols is 1. The molecule has 1 aromatic carbocycles. The highest BCUT2D eigenvalue weighted by Crippen LogP contribution is 2.14. The maximum atomic E-state index is 11.4. The molecule has 1 amide bonds. The van der Waals surface area contributed by atoms with Gasteiger partial charge >= 0.3 is 0 Å². The van der Waals surface area contributed by atoms with E-state index < -0.39 is 0 Å². The van der Waals surface area contributed by atoms with Crippen LogP contribution in [0.5, 0.6) is 5.75 Å². The number of nitrogens with one attached hydrogen (secondary N) is 1. The number of unbranched alkanes of at least 4 members (excludes halogenated alkanes) is 2. The summed E-state index contributed by atoms with van der Waals surface area (Å²) >= 11 is 0. The Labute approximate surface area is 94.9 Å². The van der Waals surface area contributed by atoms with Crippen LogP contribution in [-0.2, 0) is 4.79 Å². The molecule has 88 valence electrons. The van der Waals surface area contributed by atoms with Crippen molar-refractivity contribution in [2.75, 3.05) is 11.9 Å². The average molecular weight is 223 g/mol. The second-order valence-corrected chi connectivity index (χ2v) is 3.63. The van der Waals surface area contributed by atoms with Crippen molar-refractivity contribution in [3.8, 4) is 5.75 Å². The number of phenolic OH excluding ortho intramolecular Hbond substituents is 1. The predicted molar refractivity (Wildman–Crippen MR) is 62.3 cm³/mol. The van der Waals surface area contributed by atoms with Crippen LogP contribution < -0.4 is 5.32 Å². The van der Waals surface area contributed by atoms with Gasteiger partial charge in [-0.05, 0) is 37.1 Å². The van der Waals surface area contributed by atoms with Gasteiger partial charge in [-0.15, -0.1) is 0 Å². The van der Waals surface area contributed by atoms with Crippen LogP contribution in [-0.4, -0.2) is 22.7 Å². The van der Waals surface area contributed by atoms with Crippen LogP contribution in [0.1, 0.15) is 25.7 Å². The zero-order valence-corrected chi connectivity index (χ0v) is 9.15. The van der Waals surface area contributed by atoms with E-state index in [2.05, 4.69) is 5.32 Å². The van der Waals surface area contributed by atoms with Crippen molar-refractivity contribution in [2.24, 2.45) is 0 Å². The van der Waals surface area contributed by atoms with Crippen molar-refractivity contribution in [3.05, 3.63) is 24.3 Å². The summed E-state index contributed by atoms with van der Waals surface area (Å²) in [5, 5.41) is 20.4. The lowest BCUT2D eigenvalue weighted by Crippen LogP contribution is -2.10. The molecule has 0 bridgehead atoms. The van der Waals surface area contributed by atoms with Crippen LogP contribution >= 0.6 is 0 Å². The molecule has 0 spiro atoms. The van der Waals surface area contributed by atoms with Gasteiger partial charge in [0.2, 0.25) is 5.91 Å². The van der Waals surface area contributed by atoms with Crippen molar-refractivity contribution in [2.45, 2.75) is 25.7 Å². The Hall–Kier alpha value is -1.55. The van der Waals surface area contributed by atoms with Gasteiger partial charge in [0.05, 0.1) is 0 Å². The number of anilines is 1. The van der Waals surface area contributed by atoms with Gasteiger partial charge in [-0.2, -0.15) is 0 Å². The molecule has 0 aliphatic rings. The third-order valence-corrected chi connectivity index (χ3v) is 2.21. The molecule has 16 heavy (non-hydrogen) atoms. The fraction of sp³-hybridized carbons (Fsp3) is 0.417. The predicted octanol–water partition coefficient (Wildman–Crippen LogP) is 1.88. The molecule has 0 fully saturated rings. The number of aliphatic hydroxyl groups excluding tert-OH is 1. The Morgan fingerprint density at radius 2 is 1.81 bits per heavy atom. The van der Waals surface area contributed by atoms with E-state index in [1.807, 2.05) is 0 Å². The summed E-state index contributed by atoms with van der Waals surface area (Å²) in [6.07, 6.45) is 2.84. The molecule has 1 rings (SSSR count). The normalized spacial score (nSPS) is 10.1. The molecule has 0 unspecified atom stereocenters. The second-order valence-electron chi connectivity index (χ2n) is 3.63. The highest BCUT2D eigenvalue weighted by molar-refractivity contribution is 5.90. The summed E-state index contributed by atoms with van der Waals surface area (Å²) in [6.45, 7) is 0.180. The second kappa shape index (κ2) is 6.85. The first-order valence-corrected chi connectivity index (χ1v) is 5.42. The van der Waals surface area contributed by atoms with Gasteiger partial charge in [0.1, 0.15) is 5.75 Å². The molecule has 0 aliphatic heterocycles. The first-order valence-electron chi connectivity index (χ1n) is 5.42. The summed E-state index contributed by atoms with van der Waals surface area (Å²) in [4.78, 5) is 11.4. The lowest BCUT2D eigenvalue weighted by Gasteiger charge is -2.04. The van der Waals surface area contributed by atoms with Crippen LogP contribution in [0, 0.1) is 0 Å². The fourth-order valence-corrected chi connectivity index (χ4v) is 1.34. The van der Waals surface area contributed by atoms with E-state index in [0.29, 0.717) is 12.1 Å². The topological polar surface area (TPSA) is 69.6 Å². The molecule has 0 aliphatic carbocycles. The van der Waals surface area contributed by atoms with E-state index in [4.69, 9.17) is 10.2 Å². The quantitative estimate of drug-likeness (QED) is 0.509. The maximum Gasteiger partial charge on any atom is 0.224 e. The molecular formula is C12H17NO3. The van der Waals surface area contributed by atoms with E-state index in [9.17, 15) is 4.79 Å². The van der Waals surface area contributed by atoms with E-state index >= 15 is 0 Å². The van der Waals surface area contributed by atoms with Crippen molar-refractivity contribution < 1.29 is 15.0 Å². The molecule has 4 nitrogen and oxygen atoms in total. The van der Waals surface area contributed by atoms with Crippen molar-refractivity contribution in [3.63, 3.8) is 0 Å². The van der Waals surface area contributed by atoms with E-state index in [1.165, 1.54) is 12.1 Å². The molecule has 1 aromatic rings. The minimum atomic E-state index is -0.0383. The highest BCUT2D eigenvalue weighted by atomic mass is 16.3. The van der Waals surface area contributed by atoms with Gasteiger partial charge in [-0.1, -0.05) is 6.42 Å². The number of aliphatic hydroxyl groups is 1. The third-order valence-electron chi connectivity index (χ3n) is 2.21. The van der Waals surface area contributed by atoms with Gasteiger partial charge < -0.3 is 15.5 Å². The number of rotatable bonds is 6. The van der Waals surface area contributed by atoms with Crippen LogP contribution in [0.4, 0.5) is 5.69 Å². The molecule has 4 heteroatoms. The monoisotopic (exact) mass is 223 g/mol.